The van der Waals surface area contributed by atoms with Gasteiger partial charge in [0.25, 0.3) is 0 Å². The van der Waals surface area contributed by atoms with Crippen molar-refractivity contribution in [1.29, 1.82) is 0 Å². The Bertz CT molecular complexity index is 681. The lowest BCUT2D eigenvalue weighted by Crippen LogP contribution is -1.97. The third-order valence-electron chi connectivity index (χ3n) is 2.52. The monoisotopic (exact) mass is 296 g/mol. The van der Waals surface area contributed by atoms with E-state index in [4.69, 9.17) is 16.3 Å². The highest BCUT2D eigenvalue weighted by atomic mass is 35.5. The van der Waals surface area contributed by atoms with Gasteiger partial charge in [-0.15, -0.1) is 11.6 Å². The van der Waals surface area contributed by atoms with Crippen LogP contribution in [0.25, 0.3) is 0 Å². The van der Waals surface area contributed by atoms with Gasteiger partial charge < -0.3 is 4.74 Å². The Morgan fingerprint density at radius 3 is 2.32 bits per heavy atom. The van der Waals surface area contributed by atoms with Crippen molar-refractivity contribution in [2.45, 2.75) is 10.8 Å². The van der Waals surface area contributed by atoms with Crippen molar-refractivity contribution in [1.82, 2.24) is 0 Å². The number of rotatable bonds is 4. The Morgan fingerprint density at radius 1 is 1.05 bits per heavy atom. The van der Waals surface area contributed by atoms with E-state index in [1.54, 1.807) is 18.2 Å². The SMILES string of the molecule is CS(=O)(=O)c1cccc(Oc2cccc(CCl)c2)c1. The Hall–Kier alpha value is -1.52. The van der Waals surface area contributed by atoms with Crippen molar-refractivity contribution in [2.24, 2.45) is 0 Å². The van der Waals surface area contributed by atoms with Crippen LogP contribution in [0, 0.1) is 0 Å². The first-order valence-electron chi connectivity index (χ1n) is 5.62. The second-order valence-corrected chi connectivity index (χ2v) is 6.41. The Morgan fingerprint density at radius 2 is 1.68 bits per heavy atom. The van der Waals surface area contributed by atoms with E-state index in [9.17, 15) is 8.42 Å². The molecule has 0 unspecified atom stereocenters. The molecule has 2 aromatic carbocycles. The van der Waals surface area contributed by atoms with E-state index in [1.165, 1.54) is 18.4 Å². The molecule has 5 heteroatoms. The molecular weight excluding hydrogens is 284 g/mol. The number of benzene rings is 2. The molecule has 0 aliphatic rings. The molecule has 0 bridgehead atoms. The molecule has 0 spiro atoms. The maximum absolute atomic E-state index is 11.5. The lowest BCUT2D eigenvalue weighted by atomic mass is 10.2. The van der Waals surface area contributed by atoms with Crippen LogP contribution in [0.5, 0.6) is 11.5 Å². The normalized spacial score (nSPS) is 11.3. The first-order valence-corrected chi connectivity index (χ1v) is 8.04. The van der Waals surface area contributed by atoms with E-state index in [0.29, 0.717) is 17.4 Å². The molecule has 3 nitrogen and oxygen atoms in total. The molecule has 0 radical (unpaired) electrons. The molecule has 0 atom stereocenters. The molecule has 2 rings (SSSR count). The van der Waals surface area contributed by atoms with Crippen LogP contribution in [-0.2, 0) is 15.7 Å². The minimum atomic E-state index is -3.23. The number of alkyl halides is 1. The van der Waals surface area contributed by atoms with E-state index < -0.39 is 9.84 Å². The third-order valence-corrected chi connectivity index (χ3v) is 3.94. The zero-order chi connectivity index (χ0) is 13.9. The van der Waals surface area contributed by atoms with E-state index in [-0.39, 0.29) is 4.90 Å². The summed E-state index contributed by atoms with van der Waals surface area (Å²) in [5.74, 6) is 1.51. The first-order chi connectivity index (χ1) is 8.99. The van der Waals surface area contributed by atoms with Crippen LogP contribution in [0.15, 0.2) is 53.4 Å². The summed E-state index contributed by atoms with van der Waals surface area (Å²) in [6, 6.07) is 13.8. The van der Waals surface area contributed by atoms with E-state index in [2.05, 4.69) is 0 Å². The van der Waals surface area contributed by atoms with Gasteiger partial charge in [-0.1, -0.05) is 18.2 Å². The van der Waals surface area contributed by atoms with E-state index in [0.717, 1.165) is 5.56 Å². The summed E-state index contributed by atoms with van der Waals surface area (Å²) in [5, 5.41) is 0. The van der Waals surface area contributed by atoms with Gasteiger partial charge in [0.2, 0.25) is 0 Å². The van der Waals surface area contributed by atoms with Gasteiger partial charge in [0.15, 0.2) is 9.84 Å². The summed E-state index contributed by atoms with van der Waals surface area (Å²) in [6.45, 7) is 0. The van der Waals surface area contributed by atoms with Gasteiger partial charge in [-0.3, -0.25) is 0 Å². The number of sulfone groups is 1. The molecule has 0 fully saturated rings. The van der Waals surface area contributed by atoms with Crippen molar-refractivity contribution >= 4 is 21.4 Å². The average molecular weight is 297 g/mol. The van der Waals surface area contributed by atoms with Gasteiger partial charge in [0, 0.05) is 12.1 Å². The third kappa shape index (κ3) is 3.72. The predicted octanol–water partition coefficient (Wildman–Crippen LogP) is 3.62. The average Bonchev–Trinajstić information content (AvgIpc) is 2.38. The van der Waals surface area contributed by atoms with Crippen molar-refractivity contribution in [2.75, 3.05) is 6.26 Å². The smallest absolute Gasteiger partial charge is 0.175 e. The quantitative estimate of drug-likeness (QED) is 0.809. The number of hydrogen-bond acceptors (Lipinski definition) is 3. The zero-order valence-electron chi connectivity index (χ0n) is 10.3. The highest BCUT2D eigenvalue weighted by molar-refractivity contribution is 7.90. The van der Waals surface area contributed by atoms with Crippen LogP contribution in [0.4, 0.5) is 0 Å². The summed E-state index contributed by atoms with van der Waals surface area (Å²) in [7, 11) is -3.23. The van der Waals surface area contributed by atoms with Crippen LogP contribution in [0.3, 0.4) is 0 Å². The summed E-state index contributed by atoms with van der Waals surface area (Å²) in [4.78, 5) is 0.235. The highest BCUT2D eigenvalue weighted by Crippen LogP contribution is 2.25. The maximum Gasteiger partial charge on any atom is 0.175 e. The molecule has 19 heavy (non-hydrogen) atoms. The summed E-state index contributed by atoms with van der Waals surface area (Å²) >= 11 is 5.75. The van der Waals surface area contributed by atoms with E-state index >= 15 is 0 Å². The minimum absolute atomic E-state index is 0.235. The zero-order valence-corrected chi connectivity index (χ0v) is 11.9. The van der Waals surface area contributed by atoms with Gasteiger partial charge in [-0.2, -0.15) is 0 Å². The maximum atomic E-state index is 11.5. The fourth-order valence-corrected chi connectivity index (χ4v) is 2.42. The van der Waals surface area contributed by atoms with Gasteiger partial charge in [0.05, 0.1) is 4.90 Å². The second kappa shape index (κ2) is 5.63. The van der Waals surface area contributed by atoms with Crippen LogP contribution in [-0.4, -0.2) is 14.7 Å². The molecule has 0 aliphatic heterocycles. The second-order valence-electron chi connectivity index (χ2n) is 4.13. The van der Waals surface area contributed by atoms with Crippen molar-refractivity contribution < 1.29 is 13.2 Å². The van der Waals surface area contributed by atoms with Crippen molar-refractivity contribution in [3.05, 3.63) is 54.1 Å². The van der Waals surface area contributed by atoms with Crippen LogP contribution in [0.1, 0.15) is 5.56 Å². The molecule has 2 aromatic rings. The molecule has 0 saturated heterocycles. The standard InChI is InChI=1S/C14H13ClO3S/c1-19(16,17)14-7-3-6-13(9-14)18-12-5-2-4-11(8-12)10-15/h2-9H,10H2,1H3. The Labute approximate surface area is 117 Å². The highest BCUT2D eigenvalue weighted by Gasteiger charge is 2.08. The Balaban J connectivity index is 2.28. The molecule has 0 saturated carbocycles. The summed E-state index contributed by atoms with van der Waals surface area (Å²) in [6.07, 6.45) is 1.17. The topological polar surface area (TPSA) is 43.4 Å². The number of hydrogen-bond donors (Lipinski definition) is 0. The van der Waals surface area contributed by atoms with Crippen LogP contribution >= 0.6 is 11.6 Å². The molecule has 0 amide bonds. The molecule has 0 aromatic heterocycles. The van der Waals surface area contributed by atoms with Crippen molar-refractivity contribution in [3.63, 3.8) is 0 Å². The summed E-state index contributed by atoms with van der Waals surface area (Å²) in [5.41, 5.74) is 0.943. The molecule has 0 heterocycles. The largest absolute Gasteiger partial charge is 0.457 e. The lowest BCUT2D eigenvalue weighted by Gasteiger charge is -2.08. The van der Waals surface area contributed by atoms with Crippen molar-refractivity contribution in [3.8, 4) is 11.5 Å². The van der Waals surface area contributed by atoms with Crippen LogP contribution < -0.4 is 4.74 Å². The van der Waals surface area contributed by atoms with Gasteiger partial charge in [-0.25, -0.2) is 8.42 Å². The minimum Gasteiger partial charge on any atom is -0.457 e. The van der Waals surface area contributed by atoms with E-state index in [1.807, 2.05) is 18.2 Å². The van der Waals surface area contributed by atoms with Gasteiger partial charge in [-0.05, 0) is 35.9 Å². The number of halogens is 1. The van der Waals surface area contributed by atoms with Gasteiger partial charge in [0.1, 0.15) is 11.5 Å². The first kappa shape index (κ1) is 13.9. The Kier molecular flexibility index (Phi) is 4.12. The fraction of sp³-hybridized carbons (Fsp3) is 0.143. The molecule has 0 aliphatic carbocycles. The molecule has 100 valence electrons. The fourth-order valence-electron chi connectivity index (χ4n) is 1.60. The molecular formula is C14H13ClO3S. The van der Waals surface area contributed by atoms with Gasteiger partial charge >= 0.3 is 0 Å². The summed E-state index contributed by atoms with van der Waals surface area (Å²) < 4.78 is 28.6. The predicted molar refractivity (Wildman–Crippen MR) is 75.6 cm³/mol. The number of ether oxygens (including phenoxy) is 1. The molecule has 0 N–H and O–H groups in total. The lowest BCUT2D eigenvalue weighted by molar-refractivity contribution is 0.480. The van der Waals surface area contributed by atoms with Crippen LogP contribution in [0.2, 0.25) is 0 Å².